The van der Waals surface area contributed by atoms with Crippen LogP contribution in [0.25, 0.3) is 11.1 Å². The standard InChI is InChI=1S/C21H30N4O3/c1-15(26)14-22-20(27)16-6-10-24(11-7-16)17-8-12-25(13-9-17)21-23-18-4-2-3-5-19(18)28-21/h2-5,15-17,26H,6-14H2,1H3,(H,22,27). The summed E-state index contributed by atoms with van der Waals surface area (Å²) in [5.41, 5.74) is 1.76. The molecular formula is C21H30N4O3. The number of aliphatic hydroxyl groups is 1. The number of amides is 1. The fourth-order valence-corrected chi connectivity index (χ4v) is 4.34. The van der Waals surface area contributed by atoms with E-state index in [2.05, 4.69) is 20.1 Å². The van der Waals surface area contributed by atoms with Gasteiger partial charge in [0.2, 0.25) is 5.91 Å². The van der Waals surface area contributed by atoms with Crippen LogP contribution in [0.5, 0.6) is 0 Å². The van der Waals surface area contributed by atoms with E-state index in [1.54, 1.807) is 6.92 Å². The first kappa shape index (κ1) is 19.2. The van der Waals surface area contributed by atoms with E-state index in [9.17, 15) is 9.90 Å². The van der Waals surface area contributed by atoms with Crippen LogP contribution >= 0.6 is 0 Å². The van der Waals surface area contributed by atoms with Crippen LogP contribution in [0, 0.1) is 5.92 Å². The van der Waals surface area contributed by atoms with Crippen LogP contribution in [0.2, 0.25) is 0 Å². The molecule has 2 aromatic rings. The van der Waals surface area contributed by atoms with Gasteiger partial charge in [-0.3, -0.25) is 4.79 Å². The minimum absolute atomic E-state index is 0.0786. The quantitative estimate of drug-likeness (QED) is 0.818. The molecule has 2 N–H and O–H groups in total. The van der Waals surface area contributed by atoms with Crippen LogP contribution in [0.3, 0.4) is 0 Å². The predicted octanol–water partition coefficient (Wildman–Crippen LogP) is 2.01. The van der Waals surface area contributed by atoms with Crippen LogP contribution < -0.4 is 10.2 Å². The molecular weight excluding hydrogens is 356 g/mol. The number of hydrogen-bond acceptors (Lipinski definition) is 6. The van der Waals surface area contributed by atoms with E-state index in [4.69, 9.17) is 4.42 Å². The molecule has 2 aliphatic rings. The van der Waals surface area contributed by atoms with Crippen molar-refractivity contribution in [1.82, 2.24) is 15.2 Å². The lowest BCUT2D eigenvalue weighted by molar-refractivity contribution is -0.127. The SMILES string of the molecule is CC(O)CNC(=O)C1CCN(C2CCN(c3nc4ccccc4o3)CC2)CC1. The highest BCUT2D eigenvalue weighted by Crippen LogP contribution is 2.28. The van der Waals surface area contributed by atoms with Gasteiger partial charge in [0, 0.05) is 31.6 Å². The van der Waals surface area contributed by atoms with Gasteiger partial charge in [0.15, 0.2) is 5.58 Å². The number of likely N-dealkylation sites (tertiary alicyclic amines) is 1. The van der Waals surface area contributed by atoms with Crippen molar-refractivity contribution >= 4 is 23.0 Å². The van der Waals surface area contributed by atoms with E-state index in [0.717, 1.165) is 69.0 Å². The first-order valence-corrected chi connectivity index (χ1v) is 10.4. The molecule has 28 heavy (non-hydrogen) atoms. The molecule has 0 saturated carbocycles. The van der Waals surface area contributed by atoms with Crippen molar-refractivity contribution in [3.63, 3.8) is 0 Å². The maximum atomic E-state index is 12.2. The van der Waals surface area contributed by atoms with Gasteiger partial charge in [0.25, 0.3) is 6.01 Å². The highest BCUT2D eigenvalue weighted by Gasteiger charge is 2.31. The molecule has 0 spiro atoms. The Kier molecular flexibility index (Phi) is 5.82. The first-order chi connectivity index (χ1) is 13.6. The largest absolute Gasteiger partial charge is 0.423 e. The second-order valence-electron chi connectivity index (χ2n) is 8.09. The summed E-state index contributed by atoms with van der Waals surface area (Å²) < 4.78 is 5.91. The number of carbonyl (C=O) groups is 1. The maximum absolute atomic E-state index is 12.2. The van der Waals surface area contributed by atoms with Gasteiger partial charge in [-0.25, -0.2) is 0 Å². The molecule has 1 aromatic heterocycles. The lowest BCUT2D eigenvalue weighted by atomic mass is 9.93. The van der Waals surface area contributed by atoms with Gasteiger partial charge in [0.05, 0.1) is 6.10 Å². The highest BCUT2D eigenvalue weighted by molar-refractivity contribution is 5.78. The Morgan fingerprint density at radius 2 is 1.93 bits per heavy atom. The van der Waals surface area contributed by atoms with Gasteiger partial charge >= 0.3 is 0 Å². The maximum Gasteiger partial charge on any atom is 0.298 e. The highest BCUT2D eigenvalue weighted by atomic mass is 16.4. The normalized spacial score (nSPS) is 21.1. The number of fused-ring (bicyclic) bond motifs is 1. The summed E-state index contributed by atoms with van der Waals surface area (Å²) in [5.74, 6) is 0.168. The van der Waals surface area contributed by atoms with Crippen LogP contribution in [0.15, 0.2) is 28.7 Å². The summed E-state index contributed by atoms with van der Waals surface area (Å²) in [6.45, 7) is 5.88. The summed E-state index contributed by atoms with van der Waals surface area (Å²) in [6.07, 6.45) is 3.50. The van der Waals surface area contributed by atoms with E-state index >= 15 is 0 Å². The Morgan fingerprint density at radius 3 is 2.61 bits per heavy atom. The molecule has 4 rings (SSSR count). The Hall–Kier alpha value is -2.12. The lowest BCUT2D eigenvalue weighted by Gasteiger charge is -2.41. The minimum Gasteiger partial charge on any atom is -0.423 e. The second-order valence-corrected chi connectivity index (χ2v) is 8.09. The number of para-hydroxylation sites is 2. The number of piperidine rings is 2. The lowest BCUT2D eigenvalue weighted by Crippen LogP contribution is -2.49. The van der Waals surface area contributed by atoms with Gasteiger partial charge in [-0.15, -0.1) is 0 Å². The number of hydrogen-bond donors (Lipinski definition) is 2. The average molecular weight is 386 g/mol. The van der Waals surface area contributed by atoms with Gasteiger partial charge in [0.1, 0.15) is 5.52 Å². The van der Waals surface area contributed by atoms with Crippen molar-refractivity contribution in [2.45, 2.75) is 44.8 Å². The fourth-order valence-electron chi connectivity index (χ4n) is 4.34. The first-order valence-electron chi connectivity index (χ1n) is 10.4. The second kappa shape index (κ2) is 8.49. The zero-order valence-electron chi connectivity index (χ0n) is 16.5. The minimum atomic E-state index is -0.490. The van der Waals surface area contributed by atoms with Gasteiger partial charge in [-0.2, -0.15) is 4.98 Å². The molecule has 1 unspecified atom stereocenters. The molecule has 1 aromatic carbocycles. The molecule has 7 heteroatoms. The zero-order chi connectivity index (χ0) is 19.5. The molecule has 152 valence electrons. The number of aromatic nitrogens is 1. The van der Waals surface area contributed by atoms with Crippen molar-refractivity contribution in [3.05, 3.63) is 24.3 Å². The van der Waals surface area contributed by atoms with Crippen LogP contribution in [0.4, 0.5) is 6.01 Å². The molecule has 2 saturated heterocycles. The Morgan fingerprint density at radius 1 is 1.21 bits per heavy atom. The van der Waals surface area contributed by atoms with E-state index in [1.165, 1.54) is 0 Å². The number of anilines is 1. The van der Waals surface area contributed by atoms with Crippen molar-refractivity contribution in [1.29, 1.82) is 0 Å². The average Bonchev–Trinajstić information content (AvgIpc) is 3.16. The van der Waals surface area contributed by atoms with Crippen molar-refractivity contribution in [2.75, 3.05) is 37.6 Å². The van der Waals surface area contributed by atoms with Gasteiger partial charge in [-0.05, 0) is 57.8 Å². The molecule has 3 heterocycles. The van der Waals surface area contributed by atoms with Crippen molar-refractivity contribution < 1.29 is 14.3 Å². The number of nitrogens with one attached hydrogen (secondary N) is 1. The van der Waals surface area contributed by atoms with Crippen molar-refractivity contribution in [3.8, 4) is 0 Å². The van der Waals surface area contributed by atoms with Crippen LogP contribution in [-0.2, 0) is 4.79 Å². The summed E-state index contributed by atoms with van der Waals surface area (Å²) in [7, 11) is 0. The number of nitrogens with zero attached hydrogens (tertiary/aromatic N) is 3. The smallest absolute Gasteiger partial charge is 0.298 e. The van der Waals surface area contributed by atoms with E-state index in [1.807, 2.05) is 24.3 Å². The Balaban J connectivity index is 1.25. The third-order valence-corrected chi connectivity index (χ3v) is 6.01. The number of aliphatic hydroxyl groups excluding tert-OH is 1. The van der Waals surface area contributed by atoms with Crippen molar-refractivity contribution in [2.24, 2.45) is 5.92 Å². The molecule has 0 radical (unpaired) electrons. The number of oxazole rings is 1. The third kappa shape index (κ3) is 4.31. The van der Waals surface area contributed by atoms with E-state index < -0.39 is 6.10 Å². The fraction of sp³-hybridized carbons (Fsp3) is 0.619. The predicted molar refractivity (Wildman–Crippen MR) is 108 cm³/mol. The zero-order valence-corrected chi connectivity index (χ0v) is 16.5. The Labute approximate surface area is 165 Å². The van der Waals surface area contributed by atoms with Crippen LogP contribution in [0.1, 0.15) is 32.6 Å². The summed E-state index contributed by atoms with van der Waals surface area (Å²) in [4.78, 5) is 21.6. The van der Waals surface area contributed by atoms with Gasteiger partial charge < -0.3 is 24.6 Å². The molecule has 0 aliphatic carbocycles. The molecule has 1 atom stereocenters. The molecule has 7 nitrogen and oxygen atoms in total. The van der Waals surface area contributed by atoms with Crippen LogP contribution in [-0.4, -0.2) is 65.8 Å². The number of carbonyl (C=O) groups excluding carboxylic acids is 1. The summed E-state index contributed by atoms with van der Waals surface area (Å²) in [6, 6.07) is 9.19. The molecule has 0 bridgehead atoms. The molecule has 2 aliphatic heterocycles. The summed E-state index contributed by atoms with van der Waals surface area (Å²) >= 11 is 0. The monoisotopic (exact) mass is 386 g/mol. The Bertz CT molecular complexity index is 757. The van der Waals surface area contributed by atoms with Gasteiger partial charge in [-0.1, -0.05) is 12.1 Å². The number of rotatable bonds is 5. The van der Waals surface area contributed by atoms with E-state index in [0.29, 0.717) is 12.6 Å². The molecule has 2 fully saturated rings. The third-order valence-electron chi connectivity index (χ3n) is 6.01. The molecule has 1 amide bonds. The summed E-state index contributed by atoms with van der Waals surface area (Å²) in [5, 5.41) is 12.2. The topological polar surface area (TPSA) is 81.8 Å². The number of benzene rings is 1. The van der Waals surface area contributed by atoms with E-state index in [-0.39, 0.29) is 11.8 Å².